The number of carbonyl (C=O) groups excluding carboxylic acids is 1. The van der Waals surface area contributed by atoms with Crippen LogP contribution in [0.3, 0.4) is 0 Å². The average Bonchev–Trinajstić information content (AvgIpc) is 3.53. The Morgan fingerprint density at radius 2 is 1.94 bits per heavy atom. The number of amides is 1. The summed E-state index contributed by atoms with van der Waals surface area (Å²) >= 11 is 0. The van der Waals surface area contributed by atoms with Crippen molar-refractivity contribution in [3.05, 3.63) is 58.9 Å². The molecule has 1 aromatic heterocycles. The highest BCUT2D eigenvalue weighted by atomic mass is 32.2. The molecule has 3 heterocycles. The molecule has 0 spiro atoms. The van der Waals surface area contributed by atoms with Crippen LogP contribution in [0.15, 0.2) is 36.7 Å². The van der Waals surface area contributed by atoms with E-state index in [0.29, 0.717) is 29.9 Å². The van der Waals surface area contributed by atoms with Crippen LogP contribution in [-0.4, -0.2) is 42.0 Å². The number of nitrogens with zero attached hydrogens (tertiary/aromatic N) is 4. The Hall–Kier alpha value is -2.76. The van der Waals surface area contributed by atoms with Gasteiger partial charge in [-0.3, -0.25) is 14.7 Å². The van der Waals surface area contributed by atoms with Crippen LogP contribution >= 0.6 is 0 Å². The molecular formula is C23H24N4O3S. The minimum atomic E-state index is -3.09. The van der Waals surface area contributed by atoms with E-state index in [4.69, 9.17) is 0 Å². The van der Waals surface area contributed by atoms with Gasteiger partial charge in [-0.1, -0.05) is 0 Å². The van der Waals surface area contributed by atoms with Crippen molar-refractivity contribution < 1.29 is 13.2 Å². The lowest BCUT2D eigenvalue weighted by molar-refractivity contribution is 0.0982. The summed E-state index contributed by atoms with van der Waals surface area (Å²) in [5.74, 6) is 0.164. The first kappa shape index (κ1) is 20.2. The zero-order valence-corrected chi connectivity index (χ0v) is 18.4. The highest BCUT2D eigenvalue weighted by molar-refractivity contribution is 7.90. The number of benzene rings is 1. The zero-order chi connectivity index (χ0) is 22.0. The molecule has 8 heteroatoms. The van der Waals surface area contributed by atoms with Crippen LogP contribution in [0.5, 0.6) is 0 Å². The minimum Gasteiger partial charge on any atom is -0.297 e. The number of pyridine rings is 1. The molecule has 0 N–H and O–H groups in total. The molecule has 0 bridgehead atoms. The highest BCUT2D eigenvalue weighted by Gasteiger charge is 2.46. The molecule has 5 rings (SSSR count). The highest BCUT2D eigenvalue weighted by Crippen LogP contribution is 2.42. The SMILES string of the molecule is CC1(C)c2cc(C#N)ccc2C(=O)N1c1cncc(CC2CN(S(=O)(=O)C3CC3)C2)c1. The second-order valence-corrected chi connectivity index (χ2v) is 11.5. The van der Waals surface area contributed by atoms with Crippen molar-refractivity contribution in [1.29, 1.82) is 5.26 Å². The summed E-state index contributed by atoms with van der Waals surface area (Å²) in [5.41, 5.74) is 3.07. The smallest absolute Gasteiger partial charge is 0.259 e. The molecule has 2 fully saturated rings. The molecule has 1 saturated heterocycles. The molecular weight excluding hydrogens is 412 g/mol. The number of sulfonamides is 1. The van der Waals surface area contributed by atoms with Gasteiger partial charge in [0, 0.05) is 24.8 Å². The summed E-state index contributed by atoms with van der Waals surface area (Å²) in [4.78, 5) is 19.3. The Morgan fingerprint density at radius 1 is 1.19 bits per heavy atom. The van der Waals surface area contributed by atoms with E-state index in [9.17, 15) is 18.5 Å². The molecule has 2 aromatic rings. The van der Waals surface area contributed by atoms with Gasteiger partial charge in [-0.05, 0) is 74.4 Å². The third kappa shape index (κ3) is 3.24. The topological polar surface area (TPSA) is 94.4 Å². The molecule has 1 amide bonds. The monoisotopic (exact) mass is 436 g/mol. The van der Waals surface area contributed by atoms with E-state index in [0.717, 1.165) is 30.4 Å². The summed E-state index contributed by atoms with van der Waals surface area (Å²) in [6.07, 6.45) is 5.77. The van der Waals surface area contributed by atoms with Crippen LogP contribution in [0, 0.1) is 17.2 Å². The third-order valence-electron chi connectivity index (χ3n) is 6.59. The van der Waals surface area contributed by atoms with Crippen molar-refractivity contribution in [1.82, 2.24) is 9.29 Å². The number of anilines is 1. The molecule has 1 saturated carbocycles. The molecule has 160 valence electrons. The Labute approximate surface area is 182 Å². The molecule has 31 heavy (non-hydrogen) atoms. The predicted molar refractivity (Wildman–Crippen MR) is 116 cm³/mol. The van der Waals surface area contributed by atoms with E-state index in [2.05, 4.69) is 11.1 Å². The predicted octanol–water partition coefficient (Wildman–Crippen LogP) is 2.82. The molecule has 1 aromatic carbocycles. The third-order valence-corrected chi connectivity index (χ3v) is 8.92. The first-order valence-corrected chi connectivity index (χ1v) is 12.0. The number of nitriles is 1. The molecule has 3 aliphatic rings. The van der Waals surface area contributed by atoms with E-state index >= 15 is 0 Å². The molecule has 0 unspecified atom stereocenters. The Morgan fingerprint density at radius 3 is 2.61 bits per heavy atom. The van der Waals surface area contributed by atoms with E-state index in [1.165, 1.54) is 0 Å². The first-order valence-electron chi connectivity index (χ1n) is 10.5. The molecule has 1 aliphatic carbocycles. The van der Waals surface area contributed by atoms with Crippen molar-refractivity contribution >= 4 is 21.6 Å². The van der Waals surface area contributed by atoms with Crippen molar-refractivity contribution in [2.45, 2.75) is 43.9 Å². The Balaban J connectivity index is 1.35. The van der Waals surface area contributed by atoms with Gasteiger partial charge in [-0.15, -0.1) is 0 Å². The van der Waals surface area contributed by atoms with E-state index < -0.39 is 15.6 Å². The number of rotatable bonds is 5. The van der Waals surface area contributed by atoms with Gasteiger partial charge in [0.2, 0.25) is 10.0 Å². The number of aromatic nitrogens is 1. The van der Waals surface area contributed by atoms with Crippen molar-refractivity contribution in [3.8, 4) is 6.07 Å². The van der Waals surface area contributed by atoms with Crippen LogP contribution in [0.2, 0.25) is 0 Å². The Bertz CT molecular complexity index is 1220. The van der Waals surface area contributed by atoms with Crippen LogP contribution in [0.4, 0.5) is 5.69 Å². The Kier molecular flexibility index (Phi) is 4.47. The van der Waals surface area contributed by atoms with Gasteiger partial charge in [-0.2, -0.15) is 5.26 Å². The standard InChI is InChI=1S/C23H24N4O3S/c1-23(2)21-9-15(10-24)3-6-20(21)22(28)27(23)18-8-16(11-25-12-18)7-17-13-26(14-17)31(29,30)19-4-5-19/h3,6,8-9,11-12,17,19H,4-5,7,13-14H2,1-2H3. The maximum Gasteiger partial charge on any atom is 0.259 e. The van der Waals surface area contributed by atoms with E-state index in [-0.39, 0.29) is 17.1 Å². The lowest BCUT2D eigenvalue weighted by Crippen LogP contribution is -2.51. The summed E-state index contributed by atoms with van der Waals surface area (Å²) < 4.78 is 26.2. The molecule has 2 aliphatic heterocycles. The van der Waals surface area contributed by atoms with Gasteiger partial charge < -0.3 is 0 Å². The number of fused-ring (bicyclic) bond motifs is 1. The lowest BCUT2D eigenvalue weighted by atomic mass is 9.92. The second kappa shape index (κ2) is 6.87. The summed E-state index contributed by atoms with van der Waals surface area (Å²) in [6.45, 7) is 5.05. The maximum atomic E-state index is 13.2. The van der Waals surface area contributed by atoms with Gasteiger partial charge in [0.25, 0.3) is 5.91 Å². The number of hydrogen-bond donors (Lipinski definition) is 0. The molecule has 0 radical (unpaired) electrons. The van der Waals surface area contributed by atoms with Crippen LogP contribution in [-0.2, 0) is 22.0 Å². The van der Waals surface area contributed by atoms with Crippen molar-refractivity contribution in [2.24, 2.45) is 5.92 Å². The normalized spacial score (nSPS) is 20.9. The van der Waals surface area contributed by atoms with Gasteiger partial charge >= 0.3 is 0 Å². The van der Waals surface area contributed by atoms with E-state index in [1.807, 2.05) is 19.9 Å². The molecule has 7 nitrogen and oxygen atoms in total. The van der Waals surface area contributed by atoms with E-state index in [1.54, 1.807) is 39.8 Å². The van der Waals surface area contributed by atoms with Gasteiger partial charge in [0.1, 0.15) is 0 Å². The lowest BCUT2D eigenvalue weighted by Gasteiger charge is -2.38. The van der Waals surface area contributed by atoms with Gasteiger partial charge in [0.15, 0.2) is 0 Å². The minimum absolute atomic E-state index is 0.103. The summed E-state index contributed by atoms with van der Waals surface area (Å²) in [7, 11) is -3.09. The maximum absolute atomic E-state index is 13.2. The van der Waals surface area contributed by atoms with Gasteiger partial charge in [-0.25, -0.2) is 12.7 Å². The van der Waals surface area contributed by atoms with Crippen LogP contribution < -0.4 is 4.90 Å². The zero-order valence-electron chi connectivity index (χ0n) is 17.6. The number of hydrogen-bond acceptors (Lipinski definition) is 5. The fourth-order valence-electron chi connectivity index (χ4n) is 4.72. The second-order valence-electron chi connectivity index (χ2n) is 9.25. The first-order chi connectivity index (χ1) is 14.7. The quantitative estimate of drug-likeness (QED) is 0.718. The van der Waals surface area contributed by atoms with Gasteiger partial charge in [0.05, 0.1) is 34.3 Å². The summed E-state index contributed by atoms with van der Waals surface area (Å²) in [6, 6.07) is 9.29. The van der Waals surface area contributed by atoms with Crippen molar-refractivity contribution in [2.75, 3.05) is 18.0 Å². The number of carbonyl (C=O) groups is 1. The fourth-order valence-corrected chi connectivity index (χ4v) is 6.71. The van der Waals surface area contributed by atoms with Crippen LogP contribution in [0.1, 0.15) is 53.7 Å². The fraction of sp³-hybridized carbons (Fsp3) is 0.435. The average molecular weight is 437 g/mol. The largest absolute Gasteiger partial charge is 0.297 e. The molecule has 0 atom stereocenters. The van der Waals surface area contributed by atoms with Crippen molar-refractivity contribution in [3.63, 3.8) is 0 Å². The van der Waals surface area contributed by atoms with Crippen LogP contribution in [0.25, 0.3) is 0 Å². The summed E-state index contributed by atoms with van der Waals surface area (Å²) in [5, 5.41) is 9.08.